The topological polar surface area (TPSA) is 100 Å². The van der Waals surface area contributed by atoms with Crippen LogP contribution in [0.25, 0.3) is 28.4 Å². The largest absolute Gasteiger partial charge is 0.456 e. The number of benzene rings is 2. The second-order valence-electron chi connectivity index (χ2n) is 9.50. The SMILES string of the molecule is O=C1NC(=O)/C(=C\c2ccnc(N3CCC(CNCc4ccccc4-c4cc5ccccc5o4)CC3)n2)S1. The van der Waals surface area contributed by atoms with E-state index in [1.54, 1.807) is 18.3 Å². The number of anilines is 1. The molecule has 8 nitrogen and oxygen atoms in total. The monoisotopic (exact) mass is 525 g/mol. The third kappa shape index (κ3) is 5.34. The number of para-hydroxylation sites is 1. The van der Waals surface area contributed by atoms with Crippen molar-refractivity contribution in [3.8, 4) is 11.3 Å². The van der Waals surface area contributed by atoms with E-state index in [0.29, 0.717) is 22.5 Å². The van der Waals surface area contributed by atoms with E-state index < -0.39 is 0 Å². The highest BCUT2D eigenvalue weighted by Crippen LogP contribution is 2.30. The quantitative estimate of drug-likeness (QED) is 0.317. The molecule has 38 heavy (non-hydrogen) atoms. The molecule has 2 aliphatic heterocycles. The molecule has 0 spiro atoms. The van der Waals surface area contributed by atoms with Crippen molar-refractivity contribution in [1.29, 1.82) is 0 Å². The minimum atomic E-state index is -0.381. The number of imide groups is 1. The number of aromatic nitrogens is 2. The molecule has 192 valence electrons. The number of carbonyl (C=O) groups excluding carboxylic acids is 2. The van der Waals surface area contributed by atoms with Crippen LogP contribution in [-0.4, -0.2) is 40.7 Å². The van der Waals surface area contributed by atoms with Gasteiger partial charge in [-0.15, -0.1) is 0 Å². The van der Waals surface area contributed by atoms with Crippen LogP contribution in [-0.2, 0) is 11.3 Å². The minimum absolute atomic E-state index is 0.353. The predicted octanol–water partition coefficient (Wildman–Crippen LogP) is 5.22. The maximum absolute atomic E-state index is 11.8. The fourth-order valence-corrected chi connectivity index (χ4v) is 5.59. The molecule has 2 aliphatic rings. The second-order valence-corrected chi connectivity index (χ2v) is 10.5. The molecule has 0 bridgehead atoms. The van der Waals surface area contributed by atoms with Crippen molar-refractivity contribution in [2.24, 2.45) is 5.92 Å². The molecule has 4 heterocycles. The first kappa shape index (κ1) is 24.4. The van der Waals surface area contributed by atoms with E-state index in [1.807, 2.05) is 18.2 Å². The molecule has 0 saturated carbocycles. The normalized spacial score (nSPS) is 17.5. The van der Waals surface area contributed by atoms with Gasteiger partial charge in [-0.05, 0) is 66.9 Å². The van der Waals surface area contributed by atoms with Gasteiger partial charge in [0.15, 0.2) is 0 Å². The van der Waals surface area contributed by atoms with Crippen molar-refractivity contribution >= 4 is 45.9 Å². The van der Waals surface area contributed by atoms with Crippen LogP contribution in [0.4, 0.5) is 10.7 Å². The van der Waals surface area contributed by atoms with Gasteiger partial charge in [0.05, 0.1) is 10.6 Å². The maximum atomic E-state index is 11.8. The predicted molar refractivity (Wildman–Crippen MR) is 149 cm³/mol. The van der Waals surface area contributed by atoms with Gasteiger partial charge >= 0.3 is 0 Å². The van der Waals surface area contributed by atoms with Gasteiger partial charge in [-0.2, -0.15) is 0 Å². The number of rotatable bonds is 7. The van der Waals surface area contributed by atoms with Gasteiger partial charge in [0, 0.05) is 36.8 Å². The molecule has 2 amide bonds. The van der Waals surface area contributed by atoms with Crippen molar-refractivity contribution in [3.63, 3.8) is 0 Å². The average molecular weight is 526 g/mol. The Morgan fingerprint density at radius 1 is 1.08 bits per heavy atom. The molecule has 2 saturated heterocycles. The Morgan fingerprint density at radius 3 is 2.71 bits per heavy atom. The average Bonchev–Trinajstić information content (AvgIpc) is 3.51. The van der Waals surface area contributed by atoms with E-state index in [1.165, 1.54) is 5.56 Å². The van der Waals surface area contributed by atoms with E-state index in [2.05, 4.69) is 61.9 Å². The number of furan rings is 1. The lowest BCUT2D eigenvalue weighted by atomic mass is 9.96. The summed E-state index contributed by atoms with van der Waals surface area (Å²) in [5, 5.41) is 6.68. The van der Waals surface area contributed by atoms with Crippen LogP contribution in [0.15, 0.2) is 76.2 Å². The van der Waals surface area contributed by atoms with Crippen molar-refractivity contribution in [3.05, 3.63) is 83.0 Å². The lowest BCUT2D eigenvalue weighted by molar-refractivity contribution is -0.115. The first-order valence-electron chi connectivity index (χ1n) is 12.7. The molecule has 9 heteroatoms. The zero-order valence-corrected chi connectivity index (χ0v) is 21.5. The molecule has 2 fully saturated rings. The summed E-state index contributed by atoms with van der Waals surface area (Å²) in [6.45, 7) is 3.46. The smallest absolute Gasteiger partial charge is 0.290 e. The third-order valence-electron chi connectivity index (χ3n) is 6.94. The number of thioether (sulfide) groups is 1. The van der Waals surface area contributed by atoms with Gasteiger partial charge in [0.2, 0.25) is 5.95 Å². The van der Waals surface area contributed by atoms with Crippen molar-refractivity contribution < 1.29 is 14.0 Å². The van der Waals surface area contributed by atoms with Gasteiger partial charge in [-0.3, -0.25) is 14.9 Å². The van der Waals surface area contributed by atoms with Crippen molar-refractivity contribution in [1.82, 2.24) is 20.6 Å². The third-order valence-corrected chi connectivity index (χ3v) is 7.75. The fourth-order valence-electron chi connectivity index (χ4n) is 4.93. The van der Waals surface area contributed by atoms with Crippen molar-refractivity contribution in [2.75, 3.05) is 24.5 Å². The Bertz CT molecular complexity index is 1490. The first-order valence-corrected chi connectivity index (χ1v) is 13.5. The van der Waals surface area contributed by atoms with E-state index in [-0.39, 0.29) is 11.1 Å². The molecule has 0 aliphatic carbocycles. The van der Waals surface area contributed by atoms with Gasteiger partial charge < -0.3 is 14.6 Å². The number of piperidine rings is 1. The molecular formula is C29H27N5O3S. The Hall–Kier alpha value is -3.95. The van der Waals surface area contributed by atoms with Crippen molar-refractivity contribution in [2.45, 2.75) is 19.4 Å². The number of nitrogens with one attached hydrogen (secondary N) is 2. The summed E-state index contributed by atoms with van der Waals surface area (Å²) < 4.78 is 6.12. The molecule has 0 atom stereocenters. The summed E-state index contributed by atoms with van der Waals surface area (Å²) in [7, 11) is 0. The van der Waals surface area contributed by atoms with Gasteiger partial charge in [-0.1, -0.05) is 42.5 Å². The van der Waals surface area contributed by atoms with E-state index in [0.717, 1.165) is 73.1 Å². The number of amides is 2. The number of hydrogen-bond donors (Lipinski definition) is 2. The molecule has 2 N–H and O–H groups in total. The summed E-state index contributed by atoms with van der Waals surface area (Å²) in [5.74, 6) is 1.74. The first-order chi connectivity index (χ1) is 18.6. The number of nitrogens with zero attached hydrogens (tertiary/aromatic N) is 3. The Labute approximate surface area is 224 Å². The summed E-state index contributed by atoms with van der Waals surface area (Å²) in [5.41, 5.74) is 3.87. The van der Waals surface area contributed by atoms with Crippen LogP contribution in [0.2, 0.25) is 0 Å². The van der Waals surface area contributed by atoms with Crippen LogP contribution in [0.5, 0.6) is 0 Å². The van der Waals surface area contributed by atoms with E-state index in [4.69, 9.17) is 4.42 Å². The molecule has 6 rings (SSSR count). The van der Waals surface area contributed by atoms with Gasteiger partial charge in [0.25, 0.3) is 11.1 Å². The van der Waals surface area contributed by atoms with Crippen LogP contribution < -0.4 is 15.5 Å². The number of carbonyl (C=O) groups is 2. The second kappa shape index (κ2) is 10.8. The summed E-state index contributed by atoms with van der Waals surface area (Å²) in [6, 6.07) is 20.3. The van der Waals surface area contributed by atoms with Crippen LogP contribution in [0.1, 0.15) is 24.1 Å². The van der Waals surface area contributed by atoms with Gasteiger partial charge in [-0.25, -0.2) is 9.97 Å². The summed E-state index contributed by atoms with van der Waals surface area (Å²) in [6.07, 6.45) is 5.41. The van der Waals surface area contributed by atoms with Gasteiger partial charge in [0.1, 0.15) is 11.3 Å². The molecule has 2 aromatic carbocycles. The highest BCUT2D eigenvalue weighted by atomic mass is 32.2. The molecule has 2 aromatic heterocycles. The number of hydrogen-bond acceptors (Lipinski definition) is 8. The molecule has 0 radical (unpaired) electrons. The molecule has 0 unspecified atom stereocenters. The lowest BCUT2D eigenvalue weighted by Gasteiger charge is -2.32. The lowest BCUT2D eigenvalue weighted by Crippen LogP contribution is -2.38. The highest BCUT2D eigenvalue weighted by molar-refractivity contribution is 8.18. The van der Waals surface area contributed by atoms with Crippen LogP contribution in [0.3, 0.4) is 0 Å². The fraction of sp³-hybridized carbons (Fsp3) is 0.241. The highest BCUT2D eigenvalue weighted by Gasteiger charge is 2.26. The zero-order valence-electron chi connectivity index (χ0n) is 20.7. The van der Waals surface area contributed by atoms with Crippen LogP contribution in [0, 0.1) is 5.92 Å². The maximum Gasteiger partial charge on any atom is 0.290 e. The Balaban J connectivity index is 1.03. The molecule has 4 aromatic rings. The van der Waals surface area contributed by atoms with E-state index >= 15 is 0 Å². The van der Waals surface area contributed by atoms with Crippen LogP contribution >= 0.6 is 11.8 Å². The summed E-state index contributed by atoms with van der Waals surface area (Å²) >= 11 is 0.892. The number of fused-ring (bicyclic) bond motifs is 1. The molecular weight excluding hydrogens is 498 g/mol. The Morgan fingerprint density at radius 2 is 1.89 bits per heavy atom. The zero-order chi connectivity index (χ0) is 25.9. The standard InChI is InChI=1S/C29H27N5O3S/c35-27-26(38-29(36)33-27)16-22-9-12-31-28(32-22)34-13-10-19(11-14-34)17-30-18-21-6-1-3-7-23(21)25-15-20-5-2-4-8-24(20)37-25/h1-9,12,15-16,19,30H,10-11,13-14,17-18H2,(H,33,35,36)/b26-16+. The minimum Gasteiger partial charge on any atom is -0.456 e. The summed E-state index contributed by atoms with van der Waals surface area (Å²) in [4.78, 5) is 34.8. The van der Waals surface area contributed by atoms with E-state index in [9.17, 15) is 9.59 Å². The Kier molecular flexibility index (Phi) is 6.94.